The molecule has 22 heavy (non-hydrogen) atoms. The first-order valence-corrected chi connectivity index (χ1v) is 8.23. The number of fused-ring (bicyclic) bond motifs is 1. The number of carbonyl (C=O) groups excluding carboxylic acids is 1. The molecule has 1 aromatic heterocycles. The van der Waals surface area contributed by atoms with Gasteiger partial charge in [-0.25, -0.2) is 0 Å². The fraction of sp³-hybridized carbons (Fsp3) is 0.444. The first-order valence-electron chi connectivity index (χ1n) is 8.23. The van der Waals surface area contributed by atoms with E-state index in [-0.39, 0.29) is 5.91 Å². The molecule has 114 valence electrons. The number of rotatable bonds is 4. The van der Waals surface area contributed by atoms with Gasteiger partial charge < -0.3 is 5.32 Å². The smallest absolute Gasteiger partial charge is 0.255 e. The Bertz CT molecular complexity index is 683. The molecule has 0 spiro atoms. The summed E-state index contributed by atoms with van der Waals surface area (Å²) in [6.07, 6.45) is 7.62. The van der Waals surface area contributed by atoms with Crippen LogP contribution in [-0.4, -0.2) is 15.7 Å². The van der Waals surface area contributed by atoms with Gasteiger partial charge in [0.2, 0.25) is 0 Å². The predicted molar refractivity (Wildman–Crippen MR) is 84.8 cm³/mol. The van der Waals surface area contributed by atoms with E-state index in [2.05, 4.69) is 34.7 Å². The van der Waals surface area contributed by atoms with Gasteiger partial charge in [-0.15, -0.1) is 0 Å². The topological polar surface area (TPSA) is 46.9 Å². The van der Waals surface area contributed by atoms with Crippen LogP contribution < -0.4 is 5.32 Å². The van der Waals surface area contributed by atoms with Crippen molar-refractivity contribution in [1.82, 2.24) is 15.1 Å². The second-order valence-corrected chi connectivity index (χ2v) is 6.38. The lowest BCUT2D eigenvalue weighted by molar-refractivity contribution is 0.0949. The van der Waals surface area contributed by atoms with Crippen molar-refractivity contribution in [2.75, 3.05) is 0 Å². The summed E-state index contributed by atoms with van der Waals surface area (Å²) in [4.78, 5) is 12.4. The quantitative estimate of drug-likeness (QED) is 0.942. The van der Waals surface area contributed by atoms with E-state index in [9.17, 15) is 4.79 Å². The van der Waals surface area contributed by atoms with Gasteiger partial charge in [0.15, 0.2) is 0 Å². The zero-order valence-corrected chi connectivity index (χ0v) is 12.7. The van der Waals surface area contributed by atoms with Gasteiger partial charge in [0.1, 0.15) is 0 Å². The molecule has 1 fully saturated rings. The highest BCUT2D eigenvalue weighted by atomic mass is 16.1. The number of benzene rings is 1. The average Bonchev–Trinajstić information content (AvgIpc) is 3.32. The first-order chi connectivity index (χ1) is 10.8. The minimum atomic E-state index is -0.00517. The highest BCUT2D eigenvalue weighted by molar-refractivity contribution is 5.95. The number of amides is 1. The molecule has 2 aliphatic rings. The number of aryl methyl sites for hydroxylation is 1. The van der Waals surface area contributed by atoms with Crippen LogP contribution in [0.5, 0.6) is 0 Å². The van der Waals surface area contributed by atoms with Crippen LogP contribution in [0.1, 0.15) is 58.8 Å². The number of aromatic nitrogens is 2. The van der Waals surface area contributed by atoms with Gasteiger partial charge in [0, 0.05) is 13.1 Å². The van der Waals surface area contributed by atoms with Gasteiger partial charge in [-0.05, 0) is 49.1 Å². The van der Waals surface area contributed by atoms with E-state index in [1.807, 2.05) is 4.68 Å². The van der Waals surface area contributed by atoms with Crippen LogP contribution in [-0.2, 0) is 19.5 Å². The molecular formula is C18H21N3O. The second-order valence-electron chi connectivity index (χ2n) is 6.38. The Kier molecular flexibility index (Phi) is 3.45. The van der Waals surface area contributed by atoms with Crippen molar-refractivity contribution in [3.05, 3.63) is 52.8 Å². The van der Waals surface area contributed by atoms with Crippen LogP contribution in [0.25, 0.3) is 0 Å². The summed E-state index contributed by atoms with van der Waals surface area (Å²) in [5.41, 5.74) is 4.42. The zero-order valence-electron chi connectivity index (χ0n) is 12.7. The summed E-state index contributed by atoms with van der Waals surface area (Å²) in [6, 6.07) is 8.64. The van der Waals surface area contributed by atoms with Crippen LogP contribution in [0.4, 0.5) is 0 Å². The SMILES string of the molecule is O=C(NCc1ccc(C2CC2)cc1)c1cnn2c1CCCC2. The number of nitrogens with zero attached hydrogens (tertiary/aromatic N) is 2. The van der Waals surface area contributed by atoms with Crippen molar-refractivity contribution in [2.24, 2.45) is 0 Å². The third-order valence-electron chi connectivity index (χ3n) is 4.71. The number of nitrogens with one attached hydrogen (secondary N) is 1. The van der Waals surface area contributed by atoms with Gasteiger partial charge in [-0.1, -0.05) is 24.3 Å². The van der Waals surface area contributed by atoms with Crippen molar-refractivity contribution in [3.8, 4) is 0 Å². The molecule has 1 amide bonds. The summed E-state index contributed by atoms with van der Waals surface area (Å²) in [7, 11) is 0. The highest BCUT2D eigenvalue weighted by Crippen LogP contribution is 2.39. The molecule has 0 saturated heterocycles. The van der Waals surface area contributed by atoms with E-state index in [0.29, 0.717) is 6.54 Å². The van der Waals surface area contributed by atoms with E-state index >= 15 is 0 Å². The Labute approximate surface area is 130 Å². The molecule has 1 N–H and O–H groups in total. The van der Waals surface area contributed by atoms with Crippen LogP contribution in [0.3, 0.4) is 0 Å². The molecule has 1 aliphatic carbocycles. The summed E-state index contributed by atoms with van der Waals surface area (Å²) in [5, 5.41) is 7.35. The lowest BCUT2D eigenvalue weighted by Gasteiger charge is -2.14. The zero-order chi connectivity index (χ0) is 14.9. The maximum atomic E-state index is 12.4. The maximum absolute atomic E-state index is 12.4. The van der Waals surface area contributed by atoms with Gasteiger partial charge in [-0.3, -0.25) is 9.48 Å². The summed E-state index contributed by atoms with van der Waals surface area (Å²) < 4.78 is 1.98. The lowest BCUT2D eigenvalue weighted by Crippen LogP contribution is -2.24. The van der Waals surface area contributed by atoms with Crippen LogP contribution in [0.15, 0.2) is 30.5 Å². The second kappa shape index (κ2) is 5.59. The van der Waals surface area contributed by atoms with Gasteiger partial charge >= 0.3 is 0 Å². The summed E-state index contributed by atoms with van der Waals surface area (Å²) in [5.74, 6) is 0.775. The van der Waals surface area contributed by atoms with Gasteiger partial charge in [-0.2, -0.15) is 5.10 Å². The number of hydrogen-bond acceptors (Lipinski definition) is 2. The van der Waals surface area contributed by atoms with E-state index in [1.54, 1.807) is 6.20 Å². The van der Waals surface area contributed by atoms with Crippen molar-refractivity contribution < 1.29 is 4.79 Å². The Morgan fingerprint density at radius 2 is 2.05 bits per heavy atom. The molecule has 2 heterocycles. The molecule has 1 aliphatic heterocycles. The normalized spacial score (nSPS) is 17.1. The Balaban J connectivity index is 1.40. The maximum Gasteiger partial charge on any atom is 0.255 e. The van der Waals surface area contributed by atoms with Crippen molar-refractivity contribution >= 4 is 5.91 Å². The molecule has 4 rings (SSSR count). The van der Waals surface area contributed by atoms with Gasteiger partial charge in [0.05, 0.1) is 17.5 Å². The van der Waals surface area contributed by atoms with E-state index in [1.165, 1.54) is 18.4 Å². The Hall–Kier alpha value is -2.10. The van der Waals surface area contributed by atoms with Crippen molar-refractivity contribution in [2.45, 2.75) is 51.1 Å². The Morgan fingerprint density at radius 3 is 2.82 bits per heavy atom. The molecule has 0 bridgehead atoms. The molecule has 0 radical (unpaired) electrons. The molecular weight excluding hydrogens is 274 g/mol. The summed E-state index contributed by atoms with van der Waals surface area (Å²) in [6.45, 7) is 1.51. The Morgan fingerprint density at radius 1 is 1.23 bits per heavy atom. The molecule has 0 atom stereocenters. The van der Waals surface area contributed by atoms with E-state index < -0.39 is 0 Å². The van der Waals surface area contributed by atoms with Crippen LogP contribution in [0.2, 0.25) is 0 Å². The molecule has 2 aromatic rings. The molecule has 1 aromatic carbocycles. The van der Waals surface area contributed by atoms with E-state index in [4.69, 9.17) is 0 Å². The third kappa shape index (κ3) is 2.65. The predicted octanol–water partition coefficient (Wildman–Crippen LogP) is 3.03. The number of carbonyl (C=O) groups is 1. The standard InChI is InChI=1S/C18H21N3O/c22-18(16-12-20-21-10-2-1-3-17(16)21)19-11-13-4-6-14(7-5-13)15-8-9-15/h4-7,12,15H,1-3,8-11H2,(H,19,22). The lowest BCUT2D eigenvalue weighted by atomic mass is 10.1. The monoisotopic (exact) mass is 295 g/mol. The fourth-order valence-corrected chi connectivity index (χ4v) is 3.21. The van der Waals surface area contributed by atoms with E-state index in [0.717, 1.165) is 48.5 Å². The first kappa shape index (κ1) is 13.6. The number of hydrogen-bond donors (Lipinski definition) is 1. The molecule has 4 heteroatoms. The summed E-state index contributed by atoms with van der Waals surface area (Å²) >= 11 is 0. The fourth-order valence-electron chi connectivity index (χ4n) is 3.21. The molecule has 1 saturated carbocycles. The molecule has 4 nitrogen and oxygen atoms in total. The average molecular weight is 295 g/mol. The van der Waals surface area contributed by atoms with Gasteiger partial charge in [0.25, 0.3) is 5.91 Å². The van der Waals surface area contributed by atoms with Crippen molar-refractivity contribution in [3.63, 3.8) is 0 Å². The minimum Gasteiger partial charge on any atom is -0.348 e. The highest BCUT2D eigenvalue weighted by Gasteiger charge is 2.23. The van der Waals surface area contributed by atoms with Crippen LogP contribution >= 0.6 is 0 Å². The molecule has 0 unspecified atom stereocenters. The van der Waals surface area contributed by atoms with Crippen molar-refractivity contribution in [1.29, 1.82) is 0 Å². The largest absolute Gasteiger partial charge is 0.348 e. The van der Waals surface area contributed by atoms with Crippen LogP contribution in [0, 0.1) is 0 Å². The minimum absolute atomic E-state index is 0.00517. The third-order valence-corrected chi connectivity index (χ3v) is 4.71.